The van der Waals surface area contributed by atoms with E-state index in [1.165, 1.54) is 10.4 Å². The second-order valence-electron chi connectivity index (χ2n) is 24.9. The van der Waals surface area contributed by atoms with E-state index in [9.17, 15) is 4.79 Å². The third-order valence-electron chi connectivity index (χ3n) is 15.8. The number of ether oxygens (including phenoxy) is 5. The smallest absolute Gasteiger partial charge is 0.310 e. The van der Waals surface area contributed by atoms with E-state index < -0.39 is 31.2 Å². The molecule has 1 fully saturated rings. The van der Waals surface area contributed by atoms with E-state index >= 15 is 0 Å². The molecule has 428 valence electrons. The van der Waals surface area contributed by atoms with Gasteiger partial charge in [0, 0.05) is 32.6 Å². The Balaban J connectivity index is 1.36. The van der Waals surface area contributed by atoms with Crippen LogP contribution in [0.25, 0.3) is 6.08 Å². The first-order chi connectivity index (χ1) is 36.3. The van der Waals surface area contributed by atoms with E-state index in [1.54, 1.807) is 20.5 Å². The number of cyclic esters (lactones) is 1. The van der Waals surface area contributed by atoms with Crippen molar-refractivity contribution in [1.29, 1.82) is 0 Å². The van der Waals surface area contributed by atoms with Gasteiger partial charge >= 0.3 is 5.97 Å². The minimum atomic E-state index is -2.74. The fourth-order valence-electron chi connectivity index (χ4n) is 11.8. The highest BCUT2D eigenvalue weighted by Crippen LogP contribution is 2.45. The molecule has 1 saturated heterocycles. The van der Waals surface area contributed by atoms with Gasteiger partial charge in [-0.15, -0.1) is 0 Å². The molecule has 5 rings (SSSR count). The van der Waals surface area contributed by atoms with E-state index in [2.05, 4.69) is 156 Å². The molecule has 0 amide bonds. The maximum atomic E-state index is 13.7. The molecule has 0 unspecified atom stereocenters. The average Bonchev–Trinajstić information content (AvgIpc) is 3.87. The monoisotopic (exact) mass is 1110 g/mol. The summed E-state index contributed by atoms with van der Waals surface area (Å²) >= 11 is 0. The SMILES string of the molecule is COc1ccc(CO[C@@H](CCC[C@@H]2CC(=O)O[C@H](C[C@H](O[Si](C(C)C)(C(C)C)C(C)C)[C@@H](C)C[C@H](C)CO[Si](c3ccccc3)(c3ccccc3)C(C)(C)C)O2)C[C@H](O[Si](C)(C)C)c2coc(/C=C(/C)[C@@H](C)OC)n2)cc1. The molecule has 0 spiro atoms. The molecule has 2 heterocycles. The lowest BCUT2D eigenvalue weighted by Gasteiger charge is -2.47. The van der Waals surface area contributed by atoms with Crippen molar-refractivity contribution in [2.75, 3.05) is 20.8 Å². The molecule has 8 atom stereocenters. The van der Waals surface area contributed by atoms with E-state index in [0.717, 1.165) is 41.8 Å². The number of benzene rings is 3. The Labute approximate surface area is 468 Å². The number of rotatable bonds is 31. The van der Waals surface area contributed by atoms with Gasteiger partial charge in [0.25, 0.3) is 8.32 Å². The number of carbonyl (C=O) groups is 1. The summed E-state index contributed by atoms with van der Waals surface area (Å²) in [5.74, 6) is 1.43. The minimum Gasteiger partial charge on any atom is -0.497 e. The summed E-state index contributed by atoms with van der Waals surface area (Å²) in [6, 6.07) is 29.7. The molecule has 1 aromatic heterocycles. The number of oxazole rings is 1. The molecule has 0 saturated carbocycles. The van der Waals surface area contributed by atoms with Gasteiger partial charge in [-0.2, -0.15) is 0 Å². The van der Waals surface area contributed by atoms with Crippen LogP contribution in [0.4, 0.5) is 0 Å². The van der Waals surface area contributed by atoms with Crippen molar-refractivity contribution in [3.8, 4) is 5.75 Å². The standard InChI is InChI=1S/C63H99NO10Si3/c1-44(2)76(45(3)4,46(5)6)74-58(49(9)36-47(7)41-70-77(63(11,12)13,55-28-21-19-22-29-55)56-30-23-20-24-31-56)40-62-71-54(39-61(65)72-62)27-25-26-53(68-42-51-32-34-52(67-15)35-33-51)38-59(73-75(16,17)18)57-43-69-60(64-57)37-48(8)50(10)66-14/h19-24,28-35,37,43-47,49-50,53-54,58-59,62H,25-27,36,38-42H2,1-18H3/b48-37-/t47-,49-,50+,53-,54+,58-,59-,62+/m0/s1. The molecule has 0 radical (unpaired) electrons. The highest BCUT2D eigenvalue weighted by molar-refractivity contribution is 6.99. The predicted octanol–water partition coefficient (Wildman–Crippen LogP) is 15.0. The van der Waals surface area contributed by atoms with Gasteiger partial charge < -0.3 is 41.4 Å². The maximum absolute atomic E-state index is 13.7. The molecule has 0 bridgehead atoms. The van der Waals surface area contributed by atoms with Crippen LogP contribution >= 0.6 is 0 Å². The maximum Gasteiger partial charge on any atom is 0.310 e. The van der Waals surface area contributed by atoms with Crippen LogP contribution in [0.5, 0.6) is 5.75 Å². The normalized spacial score (nSPS) is 18.6. The lowest BCUT2D eigenvalue weighted by Crippen LogP contribution is -2.66. The predicted molar refractivity (Wildman–Crippen MR) is 320 cm³/mol. The summed E-state index contributed by atoms with van der Waals surface area (Å²) < 4.78 is 58.8. The van der Waals surface area contributed by atoms with Crippen molar-refractivity contribution < 1.29 is 46.2 Å². The molecule has 11 nitrogen and oxygen atoms in total. The molecular formula is C63H99NO10Si3. The molecule has 14 heteroatoms. The Bertz CT molecular complexity index is 2320. The molecule has 0 N–H and O–H groups in total. The fraction of sp³-hybridized carbons (Fsp3) is 0.619. The first-order valence-electron chi connectivity index (χ1n) is 28.7. The summed E-state index contributed by atoms with van der Waals surface area (Å²) in [6.07, 6.45) is 6.07. The van der Waals surface area contributed by atoms with Gasteiger partial charge in [0.2, 0.25) is 20.5 Å². The number of nitrogens with zero attached hydrogens (tertiary/aromatic N) is 1. The Morgan fingerprint density at radius 1 is 0.805 bits per heavy atom. The lowest BCUT2D eigenvalue weighted by molar-refractivity contribution is -0.223. The molecule has 0 aliphatic carbocycles. The Hall–Kier alpha value is -3.71. The fourth-order valence-corrected chi connectivity index (χ4v) is 23.2. The molecule has 77 heavy (non-hydrogen) atoms. The summed E-state index contributed by atoms with van der Waals surface area (Å²) in [7, 11) is -3.83. The zero-order valence-corrected chi connectivity index (χ0v) is 53.5. The summed E-state index contributed by atoms with van der Waals surface area (Å²) in [5, 5.41) is 2.43. The number of hydrogen-bond donors (Lipinski definition) is 0. The van der Waals surface area contributed by atoms with Crippen LogP contribution in [-0.2, 0) is 43.6 Å². The number of aromatic nitrogens is 1. The quantitative estimate of drug-likeness (QED) is 0.0354. The second-order valence-corrected chi connectivity index (χ2v) is 39.1. The van der Waals surface area contributed by atoms with E-state index in [-0.39, 0.29) is 59.8 Å². The summed E-state index contributed by atoms with van der Waals surface area (Å²) in [6.45, 7) is 37.2. The highest BCUT2D eigenvalue weighted by Gasteiger charge is 2.51. The Morgan fingerprint density at radius 2 is 1.40 bits per heavy atom. The number of methoxy groups -OCH3 is 2. The van der Waals surface area contributed by atoms with Crippen molar-refractivity contribution >= 4 is 47.4 Å². The molecule has 3 aromatic carbocycles. The number of esters is 1. The molecule has 4 aromatic rings. The van der Waals surface area contributed by atoms with Crippen LogP contribution in [0.15, 0.2) is 101 Å². The molecule has 1 aliphatic rings. The zero-order valence-electron chi connectivity index (χ0n) is 50.5. The van der Waals surface area contributed by atoms with Crippen LogP contribution in [0.1, 0.15) is 158 Å². The van der Waals surface area contributed by atoms with Gasteiger partial charge in [-0.05, 0) is 126 Å². The highest BCUT2D eigenvalue weighted by atomic mass is 28.4. The molecular weight excluding hydrogens is 1010 g/mol. The molecule has 1 aliphatic heterocycles. The van der Waals surface area contributed by atoms with Gasteiger partial charge in [0.1, 0.15) is 17.7 Å². The van der Waals surface area contributed by atoms with Crippen LogP contribution in [-0.4, -0.2) is 87.4 Å². The largest absolute Gasteiger partial charge is 0.497 e. The van der Waals surface area contributed by atoms with Gasteiger partial charge in [-0.25, -0.2) is 4.98 Å². The number of hydrogen-bond acceptors (Lipinski definition) is 11. The Morgan fingerprint density at radius 3 is 1.94 bits per heavy atom. The van der Waals surface area contributed by atoms with Gasteiger partial charge in [-0.1, -0.05) is 149 Å². The summed E-state index contributed by atoms with van der Waals surface area (Å²) in [4.78, 5) is 18.6. The van der Waals surface area contributed by atoms with Gasteiger partial charge in [0.05, 0.1) is 50.7 Å². The first kappa shape index (κ1) is 64.1. The van der Waals surface area contributed by atoms with Crippen LogP contribution in [0.2, 0.25) is 41.3 Å². The summed E-state index contributed by atoms with van der Waals surface area (Å²) in [5.41, 5.74) is 3.93. The third kappa shape index (κ3) is 17.9. The van der Waals surface area contributed by atoms with Crippen molar-refractivity contribution in [3.05, 3.63) is 114 Å². The topological polar surface area (TPSA) is 117 Å². The van der Waals surface area contributed by atoms with E-state index in [0.29, 0.717) is 55.0 Å². The van der Waals surface area contributed by atoms with Crippen molar-refractivity contribution in [2.45, 2.75) is 220 Å². The van der Waals surface area contributed by atoms with Crippen molar-refractivity contribution in [3.63, 3.8) is 0 Å². The third-order valence-corrected chi connectivity index (χ3v) is 27.9. The van der Waals surface area contributed by atoms with Crippen LogP contribution in [0, 0.1) is 11.8 Å². The number of carbonyl (C=O) groups excluding carboxylic acids is 1. The average molecular weight is 1110 g/mol. The van der Waals surface area contributed by atoms with Gasteiger partial charge in [-0.3, -0.25) is 4.79 Å². The first-order valence-corrected chi connectivity index (χ1v) is 36.1. The van der Waals surface area contributed by atoms with E-state index in [4.69, 9.17) is 46.4 Å². The van der Waals surface area contributed by atoms with Crippen LogP contribution < -0.4 is 15.1 Å². The Kier molecular flexibility index (Phi) is 24.3. The second kappa shape index (κ2) is 29.1. The van der Waals surface area contributed by atoms with E-state index in [1.807, 2.05) is 44.2 Å². The van der Waals surface area contributed by atoms with Crippen molar-refractivity contribution in [1.82, 2.24) is 4.98 Å². The minimum absolute atomic E-state index is 0.0679. The lowest BCUT2D eigenvalue weighted by atomic mass is 9.91. The van der Waals surface area contributed by atoms with Gasteiger partial charge in [0.15, 0.2) is 8.32 Å². The zero-order chi connectivity index (χ0) is 56.7. The van der Waals surface area contributed by atoms with Crippen molar-refractivity contribution in [2.24, 2.45) is 11.8 Å². The van der Waals surface area contributed by atoms with Crippen LogP contribution in [0.3, 0.4) is 0 Å².